The van der Waals surface area contributed by atoms with Gasteiger partial charge in [-0.1, -0.05) is 25.1 Å². The molecule has 0 radical (unpaired) electrons. The van der Waals surface area contributed by atoms with Gasteiger partial charge in [0.05, 0.1) is 11.9 Å². The molecule has 1 aromatic carbocycles. The van der Waals surface area contributed by atoms with Crippen LogP contribution in [0.3, 0.4) is 0 Å². The quantitative estimate of drug-likeness (QED) is 0.799. The number of nitrogens with one attached hydrogen (secondary N) is 2. The number of aromatic nitrogens is 1. The summed E-state index contributed by atoms with van der Waals surface area (Å²) in [5.41, 5.74) is 3.54. The smallest absolute Gasteiger partial charge is 0.270 e. The maximum Gasteiger partial charge on any atom is 0.270 e. The molecule has 4 nitrogen and oxygen atoms in total. The SMILES string of the molecule is C=CCNC(=O)c1ccc(Nc2ccc(CC)cc2)cn1. The Morgan fingerprint density at radius 1 is 1.19 bits per heavy atom. The molecule has 0 atom stereocenters. The van der Waals surface area contributed by atoms with Crippen molar-refractivity contribution in [1.29, 1.82) is 0 Å². The van der Waals surface area contributed by atoms with Gasteiger partial charge in [-0.05, 0) is 36.2 Å². The molecule has 0 aliphatic heterocycles. The molecule has 1 heterocycles. The third-order valence-electron chi connectivity index (χ3n) is 3.05. The van der Waals surface area contributed by atoms with Gasteiger partial charge < -0.3 is 10.6 Å². The largest absolute Gasteiger partial charge is 0.354 e. The lowest BCUT2D eigenvalue weighted by molar-refractivity contribution is 0.0953. The summed E-state index contributed by atoms with van der Waals surface area (Å²) in [6.45, 7) is 6.12. The second kappa shape index (κ2) is 7.24. The molecule has 0 saturated heterocycles. The van der Waals surface area contributed by atoms with Crippen LogP contribution in [-0.4, -0.2) is 17.4 Å². The fourth-order valence-corrected chi connectivity index (χ4v) is 1.85. The zero-order valence-electron chi connectivity index (χ0n) is 12.1. The average molecular weight is 281 g/mol. The van der Waals surface area contributed by atoms with Gasteiger partial charge in [-0.25, -0.2) is 4.98 Å². The van der Waals surface area contributed by atoms with Crippen molar-refractivity contribution in [3.63, 3.8) is 0 Å². The van der Waals surface area contributed by atoms with Gasteiger partial charge in [0.2, 0.25) is 0 Å². The van der Waals surface area contributed by atoms with Crippen LogP contribution in [0, 0.1) is 0 Å². The number of hydrogen-bond acceptors (Lipinski definition) is 3. The van der Waals surface area contributed by atoms with Crippen molar-refractivity contribution in [3.05, 3.63) is 66.5 Å². The fraction of sp³-hybridized carbons (Fsp3) is 0.176. The lowest BCUT2D eigenvalue weighted by Gasteiger charge is -2.07. The number of carbonyl (C=O) groups is 1. The maximum absolute atomic E-state index is 11.7. The summed E-state index contributed by atoms with van der Waals surface area (Å²) in [6, 6.07) is 11.8. The number of hydrogen-bond donors (Lipinski definition) is 2. The lowest BCUT2D eigenvalue weighted by Crippen LogP contribution is -2.24. The minimum absolute atomic E-state index is 0.200. The summed E-state index contributed by atoms with van der Waals surface area (Å²) in [7, 11) is 0. The zero-order chi connectivity index (χ0) is 15.1. The summed E-state index contributed by atoms with van der Waals surface area (Å²) in [5, 5.41) is 5.94. The molecule has 0 saturated carbocycles. The number of benzene rings is 1. The van der Waals surface area contributed by atoms with E-state index < -0.39 is 0 Å². The van der Waals surface area contributed by atoms with Crippen LogP contribution in [0.4, 0.5) is 11.4 Å². The summed E-state index contributed by atoms with van der Waals surface area (Å²) >= 11 is 0. The van der Waals surface area contributed by atoms with Crippen LogP contribution >= 0.6 is 0 Å². The predicted octanol–water partition coefficient (Wildman–Crippen LogP) is 3.30. The Hall–Kier alpha value is -2.62. The molecule has 21 heavy (non-hydrogen) atoms. The van der Waals surface area contributed by atoms with Crippen LogP contribution in [0.2, 0.25) is 0 Å². The van der Waals surface area contributed by atoms with Crippen LogP contribution < -0.4 is 10.6 Å². The van der Waals surface area contributed by atoms with Crippen molar-refractivity contribution >= 4 is 17.3 Å². The van der Waals surface area contributed by atoms with E-state index in [1.54, 1.807) is 18.3 Å². The molecule has 1 aromatic heterocycles. The van der Waals surface area contributed by atoms with Gasteiger partial charge in [0, 0.05) is 12.2 Å². The standard InChI is InChI=1S/C17H19N3O/c1-3-11-18-17(21)16-10-9-15(12-19-16)20-14-7-5-13(4-2)6-8-14/h3,5-10,12,20H,1,4,11H2,2H3,(H,18,21). The highest BCUT2D eigenvalue weighted by atomic mass is 16.1. The van der Waals surface area contributed by atoms with E-state index in [4.69, 9.17) is 0 Å². The van der Waals surface area contributed by atoms with E-state index in [0.29, 0.717) is 12.2 Å². The molecule has 0 spiro atoms. The zero-order valence-corrected chi connectivity index (χ0v) is 12.1. The van der Waals surface area contributed by atoms with Crippen LogP contribution in [0.1, 0.15) is 23.0 Å². The van der Waals surface area contributed by atoms with Gasteiger partial charge >= 0.3 is 0 Å². The molecule has 2 rings (SSSR count). The Morgan fingerprint density at radius 3 is 2.48 bits per heavy atom. The summed E-state index contributed by atoms with van der Waals surface area (Å²) in [6.07, 6.45) is 4.31. The summed E-state index contributed by atoms with van der Waals surface area (Å²) in [4.78, 5) is 15.9. The number of carbonyl (C=O) groups excluding carboxylic acids is 1. The Balaban J connectivity index is 2.01. The summed E-state index contributed by atoms with van der Waals surface area (Å²) in [5.74, 6) is -0.200. The van der Waals surface area contributed by atoms with Gasteiger partial charge in [0.15, 0.2) is 0 Å². The highest BCUT2D eigenvalue weighted by Crippen LogP contribution is 2.16. The van der Waals surface area contributed by atoms with E-state index >= 15 is 0 Å². The number of pyridine rings is 1. The molecule has 0 bridgehead atoms. The molecule has 4 heteroatoms. The highest BCUT2D eigenvalue weighted by Gasteiger charge is 2.05. The molecule has 0 fully saturated rings. The van der Waals surface area contributed by atoms with Crippen molar-refractivity contribution < 1.29 is 4.79 Å². The molecule has 2 N–H and O–H groups in total. The normalized spacial score (nSPS) is 9.95. The molecule has 1 amide bonds. The Labute approximate surface area is 124 Å². The minimum Gasteiger partial charge on any atom is -0.354 e. The first-order chi connectivity index (χ1) is 10.2. The van der Waals surface area contributed by atoms with E-state index in [2.05, 4.69) is 41.3 Å². The van der Waals surface area contributed by atoms with E-state index in [-0.39, 0.29) is 5.91 Å². The monoisotopic (exact) mass is 281 g/mol. The third-order valence-corrected chi connectivity index (χ3v) is 3.05. The van der Waals surface area contributed by atoms with Crippen molar-refractivity contribution in [1.82, 2.24) is 10.3 Å². The first-order valence-electron chi connectivity index (χ1n) is 6.94. The second-order valence-corrected chi connectivity index (χ2v) is 4.61. The minimum atomic E-state index is -0.200. The van der Waals surface area contributed by atoms with Gasteiger partial charge in [-0.2, -0.15) is 0 Å². The first-order valence-corrected chi connectivity index (χ1v) is 6.94. The van der Waals surface area contributed by atoms with Gasteiger partial charge in [0.1, 0.15) is 5.69 Å². The molecule has 108 valence electrons. The number of amides is 1. The van der Waals surface area contributed by atoms with Crippen molar-refractivity contribution in [3.8, 4) is 0 Å². The molecule has 0 aliphatic carbocycles. The second-order valence-electron chi connectivity index (χ2n) is 4.61. The van der Waals surface area contributed by atoms with Gasteiger partial charge in [-0.15, -0.1) is 6.58 Å². The topological polar surface area (TPSA) is 54.0 Å². The van der Waals surface area contributed by atoms with Crippen LogP contribution in [0.25, 0.3) is 0 Å². The number of nitrogens with zero attached hydrogens (tertiary/aromatic N) is 1. The molecular formula is C17H19N3O. The van der Waals surface area contributed by atoms with E-state index in [1.165, 1.54) is 5.56 Å². The van der Waals surface area contributed by atoms with Gasteiger partial charge in [0.25, 0.3) is 5.91 Å². The van der Waals surface area contributed by atoms with Crippen molar-refractivity contribution in [2.45, 2.75) is 13.3 Å². The number of aryl methyl sites for hydroxylation is 1. The molecule has 0 unspecified atom stereocenters. The van der Waals surface area contributed by atoms with E-state index in [0.717, 1.165) is 17.8 Å². The first kappa shape index (κ1) is 14.8. The van der Waals surface area contributed by atoms with Crippen molar-refractivity contribution in [2.24, 2.45) is 0 Å². The van der Waals surface area contributed by atoms with Crippen molar-refractivity contribution in [2.75, 3.05) is 11.9 Å². The lowest BCUT2D eigenvalue weighted by atomic mass is 10.1. The Morgan fingerprint density at radius 2 is 1.90 bits per heavy atom. The van der Waals surface area contributed by atoms with E-state index in [9.17, 15) is 4.79 Å². The maximum atomic E-state index is 11.7. The Kier molecular flexibility index (Phi) is 5.10. The fourth-order valence-electron chi connectivity index (χ4n) is 1.85. The molecule has 2 aromatic rings. The van der Waals surface area contributed by atoms with E-state index in [1.807, 2.05) is 18.2 Å². The number of anilines is 2. The summed E-state index contributed by atoms with van der Waals surface area (Å²) < 4.78 is 0. The third kappa shape index (κ3) is 4.18. The number of rotatable bonds is 6. The van der Waals surface area contributed by atoms with Crippen LogP contribution in [0.5, 0.6) is 0 Å². The highest BCUT2D eigenvalue weighted by molar-refractivity contribution is 5.92. The molecule has 0 aliphatic rings. The predicted molar refractivity (Wildman–Crippen MR) is 85.9 cm³/mol. The van der Waals surface area contributed by atoms with Gasteiger partial charge in [-0.3, -0.25) is 4.79 Å². The average Bonchev–Trinajstić information content (AvgIpc) is 2.54. The van der Waals surface area contributed by atoms with Crippen LogP contribution in [0.15, 0.2) is 55.3 Å². The van der Waals surface area contributed by atoms with Crippen LogP contribution in [-0.2, 0) is 6.42 Å². The Bertz CT molecular complexity index is 603. The molecular weight excluding hydrogens is 262 g/mol.